The lowest BCUT2D eigenvalue weighted by Gasteiger charge is -2.40. The van der Waals surface area contributed by atoms with Crippen molar-refractivity contribution in [1.82, 2.24) is 5.32 Å². The summed E-state index contributed by atoms with van der Waals surface area (Å²) in [5, 5.41) is 76.1. The number of hydrogen-bond donors (Lipinski definition) is 8. The van der Waals surface area contributed by atoms with E-state index in [1.807, 2.05) is 0 Å². The third kappa shape index (κ3) is 34.8. The van der Waals surface area contributed by atoms with Crippen LogP contribution in [-0.2, 0) is 14.3 Å². The van der Waals surface area contributed by atoms with Crippen LogP contribution in [-0.4, -0.2) is 110 Å². The quantitative estimate of drug-likeness (QED) is 0.0215. The number of allylic oxidation sites excluding steroid dienone is 4. The van der Waals surface area contributed by atoms with Crippen molar-refractivity contribution in [3.05, 3.63) is 24.3 Å². The van der Waals surface area contributed by atoms with Crippen LogP contribution in [0.2, 0.25) is 0 Å². The van der Waals surface area contributed by atoms with Gasteiger partial charge < -0.3 is 50.5 Å². The van der Waals surface area contributed by atoms with Crippen LogP contribution in [0.5, 0.6) is 0 Å². The smallest absolute Gasteiger partial charge is 0.249 e. The van der Waals surface area contributed by atoms with Crippen molar-refractivity contribution in [3.8, 4) is 0 Å². The van der Waals surface area contributed by atoms with Crippen molar-refractivity contribution in [1.29, 1.82) is 0 Å². The summed E-state index contributed by atoms with van der Waals surface area (Å²) in [6.45, 7) is 3.48. The second kappa shape index (κ2) is 46.6. The van der Waals surface area contributed by atoms with Crippen LogP contribution in [0.1, 0.15) is 264 Å². The minimum absolute atomic E-state index is 0.255. The average Bonchev–Trinajstić information content (AvgIpc) is 3.34. The molecular formula is C57H109NO10. The lowest BCUT2D eigenvalue weighted by atomic mass is 9.98. The Morgan fingerprint density at radius 2 is 0.897 bits per heavy atom. The summed E-state index contributed by atoms with van der Waals surface area (Å²) < 4.78 is 11.1. The molecule has 0 aromatic rings. The fraction of sp³-hybridized carbons (Fsp3) is 0.912. The van der Waals surface area contributed by atoms with Gasteiger partial charge in [-0.15, -0.1) is 0 Å². The molecule has 1 rings (SSSR count). The molecule has 0 aliphatic carbocycles. The maximum Gasteiger partial charge on any atom is 0.249 e. The van der Waals surface area contributed by atoms with Crippen LogP contribution in [0.4, 0.5) is 0 Å². The van der Waals surface area contributed by atoms with Crippen LogP contribution >= 0.6 is 0 Å². The van der Waals surface area contributed by atoms with E-state index in [0.29, 0.717) is 19.3 Å². The predicted octanol–water partition coefficient (Wildman–Crippen LogP) is 11.7. The summed E-state index contributed by atoms with van der Waals surface area (Å²) in [7, 11) is 0. The zero-order valence-electron chi connectivity index (χ0n) is 43.9. The van der Waals surface area contributed by atoms with E-state index in [1.54, 1.807) is 0 Å². The maximum atomic E-state index is 13.2. The number of aliphatic hydroxyl groups is 7. The van der Waals surface area contributed by atoms with Gasteiger partial charge in [0.2, 0.25) is 5.91 Å². The Balaban J connectivity index is 2.32. The van der Waals surface area contributed by atoms with E-state index in [9.17, 15) is 40.5 Å². The van der Waals surface area contributed by atoms with E-state index < -0.39 is 74.2 Å². The van der Waals surface area contributed by atoms with Crippen molar-refractivity contribution in [2.24, 2.45) is 0 Å². The topological polar surface area (TPSA) is 189 Å². The van der Waals surface area contributed by atoms with Crippen molar-refractivity contribution < 1.29 is 50.0 Å². The highest BCUT2D eigenvalue weighted by Crippen LogP contribution is 2.23. The van der Waals surface area contributed by atoms with Crippen molar-refractivity contribution in [2.45, 2.75) is 319 Å². The Hall–Kier alpha value is -1.41. The molecule has 0 aromatic carbocycles. The van der Waals surface area contributed by atoms with E-state index in [1.165, 1.54) is 173 Å². The van der Waals surface area contributed by atoms with Crippen LogP contribution in [0.25, 0.3) is 0 Å². The average molecular weight is 968 g/mol. The first-order valence-corrected chi connectivity index (χ1v) is 28.7. The predicted molar refractivity (Wildman–Crippen MR) is 279 cm³/mol. The van der Waals surface area contributed by atoms with Crippen LogP contribution in [0.15, 0.2) is 24.3 Å². The molecule has 402 valence electrons. The van der Waals surface area contributed by atoms with E-state index in [2.05, 4.69) is 43.5 Å². The molecule has 0 saturated carbocycles. The van der Waals surface area contributed by atoms with Crippen LogP contribution in [0, 0.1) is 0 Å². The second-order valence-corrected chi connectivity index (χ2v) is 20.4. The Kier molecular flexibility index (Phi) is 44.3. The van der Waals surface area contributed by atoms with Gasteiger partial charge in [-0.1, -0.05) is 244 Å². The molecule has 0 aromatic heterocycles. The Bertz CT molecular complexity index is 1160. The van der Waals surface area contributed by atoms with Gasteiger partial charge in [0, 0.05) is 0 Å². The number of amides is 1. The van der Waals surface area contributed by atoms with Gasteiger partial charge in [-0.25, -0.2) is 0 Å². The second-order valence-electron chi connectivity index (χ2n) is 20.4. The molecule has 9 unspecified atom stereocenters. The molecule has 1 saturated heterocycles. The Morgan fingerprint density at radius 1 is 0.515 bits per heavy atom. The van der Waals surface area contributed by atoms with E-state index in [-0.39, 0.29) is 6.42 Å². The molecule has 11 heteroatoms. The van der Waals surface area contributed by atoms with Crippen LogP contribution in [0.3, 0.4) is 0 Å². The molecule has 0 spiro atoms. The van der Waals surface area contributed by atoms with E-state index in [0.717, 1.165) is 51.4 Å². The molecule has 9 atom stereocenters. The lowest BCUT2D eigenvalue weighted by Crippen LogP contribution is -2.60. The number of unbranched alkanes of at least 4 members (excludes halogenated alkanes) is 33. The van der Waals surface area contributed by atoms with Gasteiger partial charge in [0.15, 0.2) is 6.29 Å². The van der Waals surface area contributed by atoms with E-state index >= 15 is 0 Å². The monoisotopic (exact) mass is 968 g/mol. The van der Waals surface area contributed by atoms with E-state index in [4.69, 9.17) is 9.47 Å². The molecule has 1 heterocycles. The summed E-state index contributed by atoms with van der Waals surface area (Å²) in [5.74, 6) is -0.699. The fourth-order valence-electron chi connectivity index (χ4n) is 9.30. The summed E-state index contributed by atoms with van der Waals surface area (Å²) in [4.78, 5) is 13.2. The first-order chi connectivity index (χ1) is 33.2. The summed E-state index contributed by atoms with van der Waals surface area (Å²) >= 11 is 0. The minimum atomic E-state index is -1.66. The lowest BCUT2D eigenvalue weighted by molar-refractivity contribution is -0.303. The number of ether oxygens (including phenoxy) is 2. The normalized spacial score (nSPS) is 20.6. The zero-order chi connectivity index (χ0) is 49.7. The largest absolute Gasteiger partial charge is 0.394 e. The molecule has 0 radical (unpaired) electrons. The molecule has 1 aliphatic heterocycles. The summed E-state index contributed by atoms with van der Waals surface area (Å²) in [6, 6.07) is -1.17. The number of carbonyl (C=O) groups excluding carboxylic acids is 1. The summed E-state index contributed by atoms with van der Waals surface area (Å²) in [5.41, 5.74) is 0. The molecule has 11 nitrogen and oxygen atoms in total. The van der Waals surface area contributed by atoms with Crippen molar-refractivity contribution >= 4 is 5.91 Å². The first kappa shape index (κ1) is 64.6. The highest BCUT2D eigenvalue weighted by molar-refractivity contribution is 5.80. The maximum absolute atomic E-state index is 13.2. The standard InChI is InChI=1S/C57H109NO10/c1-3-5-7-9-11-13-15-17-19-21-22-23-24-25-26-27-29-31-33-35-37-39-41-43-45-50(61)56(66)58-48(47-67-57-55(65)54(64)53(63)51(46-59)68-57)52(62)49(60)44-42-40-38-36-34-32-30-28-20-18-16-14-12-10-8-6-4-2/h22-23,25-26,48-55,57,59-65H,3-21,24,27-47H2,1-2H3,(H,58,66)/b23-22-,26-25-. The SMILES string of the molecule is CCCCCCCCCCC/C=C\C/C=C\CCCCCCCCCCC(O)C(=O)NC(COC1OC(CO)C(O)C(O)C1O)C(O)C(O)CCCCCCCCCCCCCCCCCCC. The first-order valence-electron chi connectivity index (χ1n) is 28.7. The number of aliphatic hydroxyl groups excluding tert-OH is 7. The fourth-order valence-corrected chi connectivity index (χ4v) is 9.30. The van der Waals surface area contributed by atoms with Gasteiger partial charge in [-0.3, -0.25) is 4.79 Å². The van der Waals surface area contributed by atoms with Crippen molar-refractivity contribution in [3.63, 3.8) is 0 Å². The Morgan fingerprint density at radius 3 is 1.31 bits per heavy atom. The Labute approximate surface area is 416 Å². The number of hydrogen-bond acceptors (Lipinski definition) is 10. The highest BCUT2D eigenvalue weighted by atomic mass is 16.7. The molecule has 1 aliphatic rings. The van der Waals surface area contributed by atoms with Gasteiger partial charge in [-0.2, -0.15) is 0 Å². The minimum Gasteiger partial charge on any atom is -0.394 e. The number of carbonyl (C=O) groups is 1. The molecule has 0 bridgehead atoms. The molecule has 8 N–H and O–H groups in total. The zero-order valence-corrected chi connectivity index (χ0v) is 43.9. The van der Waals surface area contributed by atoms with Gasteiger partial charge in [0.05, 0.1) is 25.4 Å². The van der Waals surface area contributed by atoms with Gasteiger partial charge in [0.1, 0.15) is 36.6 Å². The molecule has 1 amide bonds. The third-order valence-corrected chi connectivity index (χ3v) is 14.0. The van der Waals surface area contributed by atoms with Crippen LogP contribution < -0.4 is 5.32 Å². The molecular weight excluding hydrogens is 859 g/mol. The van der Waals surface area contributed by atoms with Gasteiger partial charge in [0.25, 0.3) is 0 Å². The van der Waals surface area contributed by atoms with Gasteiger partial charge >= 0.3 is 0 Å². The van der Waals surface area contributed by atoms with Gasteiger partial charge in [-0.05, 0) is 44.9 Å². The number of nitrogens with one attached hydrogen (secondary N) is 1. The van der Waals surface area contributed by atoms with Crippen molar-refractivity contribution in [2.75, 3.05) is 13.2 Å². The third-order valence-electron chi connectivity index (χ3n) is 14.0. The highest BCUT2D eigenvalue weighted by Gasteiger charge is 2.44. The number of rotatable bonds is 49. The molecule has 68 heavy (non-hydrogen) atoms. The molecule has 1 fully saturated rings. The summed E-state index contributed by atoms with van der Waals surface area (Å²) in [6.07, 6.45) is 43.6.